The average Bonchev–Trinajstić information content (AvgIpc) is 0.723. The molecule has 4 saturated carbocycles. The number of carboxylic acid groups (broad SMARTS) is 1. The summed E-state index contributed by atoms with van der Waals surface area (Å²) < 4.78 is 0. The van der Waals surface area contributed by atoms with Crippen molar-refractivity contribution in [1.82, 2.24) is 19.9 Å². The first-order valence-corrected chi connectivity index (χ1v) is 49.2. The molecule has 135 heavy (non-hydrogen) atoms. The summed E-state index contributed by atoms with van der Waals surface area (Å²) in [6.07, 6.45) is 49.1. The van der Waals surface area contributed by atoms with E-state index in [0.29, 0.717) is 16.2 Å². The Morgan fingerprint density at radius 1 is 0.400 bits per heavy atom. The van der Waals surface area contributed by atoms with Crippen LogP contribution >= 0.6 is 0 Å². The van der Waals surface area contributed by atoms with Crippen molar-refractivity contribution in [3.8, 4) is 33.8 Å². The fourth-order valence-corrected chi connectivity index (χ4v) is 21.2. The molecule has 0 spiro atoms. The molecule has 7 N–H and O–H groups in total. The van der Waals surface area contributed by atoms with E-state index >= 15 is 0 Å². The van der Waals surface area contributed by atoms with Crippen LogP contribution in [0.5, 0.6) is 0 Å². The Morgan fingerprint density at radius 2 is 0.726 bits per heavy atom. The number of aliphatic hydroxyl groups excluding tert-OH is 3. The summed E-state index contributed by atoms with van der Waals surface area (Å²) in [4.78, 5) is 60.5. The van der Waals surface area contributed by atoms with Crippen LogP contribution in [0.3, 0.4) is 0 Å². The van der Waals surface area contributed by atoms with Gasteiger partial charge in [0.15, 0.2) is 0 Å². The minimum absolute atomic E-state index is 0. The quantitative estimate of drug-likeness (QED) is 0.0490. The van der Waals surface area contributed by atoms with Crippen LogP contribution in [0.15, 0.2) is 162 Å². The van der Waals surface area contributed by atoms with Gasteiger partial charge in [-0.2, -0.15) is 0 Å². The van der Waals surface area contributed by atoms with Crippen LogP contribution in [0.4, 0.5) is 0 Å². The average molecular weight is 2540 g/mol. The number of aromatic nitrogens is 4. The van der Waals surface area contributed by atoms with Crippen molar-refractivity contribution in [3.63, 3.8) is 0 Å². The number of aromatic carboxylic acids is 1. The Balaban J connectivity index is 0.000000177. The van der Waals surface area contributed by atoms with Crippen LogP contribution in [0.2, 0.25) is 0 Å². The minimum Gasteiger partial charge on any atom is -0.512 e. The van der Waals surface area contributed by atoms with Crippen molar-refractivity contribution in [2.24, 2.45) is 66.6 Å². The Hall–Kier alpha value is -7.41. The van der Waals surface area contributed by atoms with Gasteiger partial charge in [-0.3, -0.25) is 14.4 Å². The predicted molar refractivity (Wildman–Crippen MR) is 537 cm³/mol. The summed E-state index contributed by atoms with van der Waals surface area (Å²) in [7, 11) is 0. The third-order valence-corrected chi connectivity index (χ3v) is 30.8. The van der Waals surface area contributed by atoms with Crippen molar-refractivity contribution in [2.75, 3.05) is 0 Å². The molecule has 0 amide bonds. The van der Waals surface area contributed by atoms with Gasteiger partial charge in [-0.25, -0.2) is 9.78 Å². The van der Waals surface area contributed by atoms with Gasteiger partial charge in [0.25, 0.3) is 0 Å². The van der Waals surface area contributed by atoms with E-state index < -0.39 is 5.97 Å². The first-order valence-electron chi connectivity index (χ1n) is 49.2. The molecule has 0 saturated heterocycles. The number of rotatable bonds is 8. The molecule has 6 bridgehead atoms. The number of carbonyl (C=O) groups excluding carboxylic acids is 3. The van der Waals surface area contributed by atoms with Crippen molar-refractivity contribution in [3.05, 3.63) is 270 Å². The van der Waals surface area contributed by atoms with E-state index in [-0.39, 0.29) is 142 Å². The molecule has 13 nitrogen and oxygen atoms in total. The van der Waals surface area contributed by atoms with Gasteiger partial charge in [-0.05, 0) is 264 Å². The molecule has 4 fully saturated rings. The smallest absolute Gasteiger partial charge is 0.354 e. The summed E-state index contributed by atoms with van der Waals surface area (Å²) in [5, 5.41) is 35.9. The summed E-state index contributed by atoms with van der Waals surface area (Å²) in [6, 6.07) is 44.1. The molecule has 4 radical (unpaired) electrons. The SMILES string of the molecule is CC(=[OH+])C=C(C)O.CC(C)(C)C(=[OH+])C=C(O)C(C)(C)C.CC(C)(C)C(=[OH+])C=C(O)C(C)(C)C.CC1(C)C2Cc3cc(-c4[c-]cc5c(c4)CCCC5)ncc3C1C2.CC1(C)C2Cc3cc(-c4[c-]cc5c(c4)CCCC5)ncc3C1C2.CC1(C)C2Cc3cc(-c4[c-]cc5c(c4)CCCC5)ncc3C1C2.O=C(O)c1ccccn1.[Ir].[Ir].[Ir].[Ir].[c-]1cc2c(cc1C1=NC=C3CCCCC3C1)CCCC2. The number of nitrogens with zero attached hydrogens (tertiary/aromatic N) is 5. The first-order chi connectivity index (χ1) is 61.8. The Kier molecular flexibility index (Phi) is 38.5. The van der Waals surface area contributed by atoms with E-state index in [1.807, 2.05) is 83.1 Å². The molecular weight excluding hydrogens is 2380 g/mol. The zero-order valence-corrected chi connectivity index (χ0v) is 93.5. The normalized spacial score (nSPS) is 21.5. The number of carboxylic acids is 1. The number of aliphatic hydroxyl groups is 3. The fourth-order valence-electron chi connectivity index (χ4n) is 21.2. The summed E-state index contributed by atoms with van der Waals surface area (Å²) >= 11 is 0. The van der Waals surface area contributed by atoms with Crippen LogP contribution < -0.4 is 0 Å². The zero-order chi connectivity index (χ0) is 94.5. The van der Waals surface area contributed by atoms with Gasteiger partial charge in [-0.1, -0.05) is 196 Å². The fraction of sp³-hybridized carbons (Fsp3) is 0.517. The van der Waals surface area contributed by atoms with Crippen LogP contribution in [0.1, 0.15) is 353 Å². The standard InChI is InChI=1S/3C22H24N.C19H22N.2C11H20O2.C6H5NO2.C5H8O2.4Ir/c3*1-22(2)18-10-17-11-21(23-13-19(17)20(22)12-18)16-8-7-14-5-3-4-6-15(14)9-16;1-2-6-15-11-17(10-9-14(15)5-1)19-12-16-7-3-4-8-18(16)13-20-19;2*1-10(2,3)8(12)7-9(13)11(4,5)6;8-6(9)5-3-1-2-4-7-5;1-4(6)3-5(2)7;;;;/h3*7,9,11,13,18,20H,3-6,10,12H2,1-2H3;9,11,13,16H,1-8,12H2;2*7,12H,1-6H3;1-4H,(H,8,9);3,6H,1-2H3;;;;/q4*-1;;;;;;;;/p+3. The van der Waals surface area contributed by atoms with Crippen molar-refractivity contribution in [1.29, 1.82) is 0 Å². The summed E-state index contributed by atoms with van der Waals surface area (Å²) in [5.74, 6) is 5.63. The Morgan fingerprint density at radius 3 is 1.01 bits per heavy atom. The number of ketones is 3. The summed E-state index contributed by atoms with van der Waals surface area (Å²) in [5.41, 5.74) is 32.6. The largest absolute Gasteiger partial charge is 0.512 e. The van der Waals surface area contributed by atoms with Crippen LogP contribution in [0, 0.1) is 85.8 Å². The number of fused-ring (bicyclic) bond motifs is 5. The molecule has 5 heterocycles. The molecule has 8 aromatic rings. The van der Waals surface area contributed by atoms with Gasteiger partial charge < -0.3 is 40.4 Å². The second-order valence-electron chi connectivity index (χ2n) is 45.5. The van der Waals surface area contributed by atoms with Crippen molar-refractivity contribution < 1.29 is 120 Å². The van der Waals surface area contributed by atoms with E-state index in [4.69, 9.17) is 35.0 Å². The molecule has 7 unspecified atom stereocenters. The first kappa shape index (κ1) is 111. The maximum Gasteiger partial charge on any atom is 0.354 e. The van der Waals surface area contributed by atoms with Crippen molar-refractivity contribution >= 4 is 29.0 Å². The molecule has 14 aliphatic carbocycles. The number of hydrogen-bond donors (Lipinski definition) is 4. The van der Waals surface area contributed by atoms with Gasteiger partial charge >= 0.3 is 23.3 Å². The number of aryl methyl sites for hydroxylation is 8. The molecule has 15 aliphatic rings. The molecule has 4 aromatic heterocycles. The second kappa shape index (κ2) is 46.8. The second-order valence-corrected chi connectivity index (χ2v) is 45.5. The molecule has 1 aliphatic heterocycles. The molecule has 4 aromatic carbocycles. The van der Waals surface area contributed by atoms with E-state index in [1.165, 1.54) is 295 Å². The van der Waals surface area contributed by atoms with E-state index in [1.54, 1.807) is 40.0 Å². The minimum atomic E-state index is -0.990. The number of benzene rings is 4. The van der Waals surface area contributed by atoms with Gasteiger partial charge in [0, 0.05) is 122 Å². The maximum atomic E-state index is 10.1. The molecule has 23 rings (SSSR count). The molecule has 7 atom stereocenters. The number of carbonyl (C=O) groups is 1. The number of hydrogen-bond acceptors (Lipinski definition) is 9. The molecule has 732 valence electrons. The number of allylic oxidation sites excluding steroid dienone is 7. The van der Waals surface area contributed by atoms with Crippen LogP contribution in [-0.4, -0.2) is 83.8 Å². The molecule has 17 heteroatoms. The van der Waals surface area contributed by atoms with Gasteiger partial charge in [0.1, 0.15) is 17.2 Å². The maximum absolute atomic E-state index is 10.1. The third-order valence-electron chi connectivity index (χ3n) is 30.8. The Labute approximate surface area is 862 Å². The van der Waals surface area contributed by atoms with Gasteiger partial charge in [-0.15, -0.1) is 140 Å². The summed E-state index contributed by atoms with van der Waals surface area (Å²) in [6.45, 7) is 40.4. The van der Waals surface area contributed by atoms with E-state index in [2.05, 4.69) is 162 Å². The zero-order valence-electron chi connectivity index (χ0n) is 83.9. The predicted octanol–water partition coefficient (Wildman–Crippen LogP) is 27.9. The van der Waals surface area contributed by atoms with E-state index in [0.717, 1.165) is 64.9 Å². The van der Waals surface area contributed by atoms with Gasteiger partial charge in [0.05, 0.1) is 41.7 Å². The van der Waals surface area contributed by atoms with Gasteiger partial charge in [0.2, 0.25) is 0 Å². The van der Waals surface area contributed by atoms with Crippen molar-refractivity contribution in [2.45, 2.75) is 330 Å². The number of aliphatic imine (C=N–C) groups is 1. The van der Waals surface area contributed by atoms with E-state index in [9.17, 15) is 24.6 Å². The van der Waals surface area contributed by atoms with Crippen LogP contribution in [-0.2, 0) is 151 Å². The Bertz CT molecular complexity index is 5310. The van der Waals surface area contributed by atoms with Crippen LogP contribution in [0.25, 0.3) is 33.8 Å². The third kappa shape index (κ3) is 27.4. The number of pyridine rings is 4. The monoisotopic (exact) mass is 2540 g/mol. The topological polar surface area (TPSA) is 226 Å². The molecular formula is C118H150Ir4N5O8-.